The lowest BCUT2D eigenvalue weighted by Gasteiger charge is -2.36. The number of likely N-dealkylation sites (tertiary alicyclic amines) is 1. The zero-order valence-corrected chi connectivity index (χ0v) is 15.5. The average molecular weight is 331 g/mol. The molecule has 5 nitrogen and oxygen atoms in total. The van der Waals surface area contributed by atoms with E-state index in [2.05, 4.69) is 31.0 Å². The van der Waals surface area contributed by atoms with Gasteiger partial charge in [-0.05, 0) is 46.0 Å². The summed E-state index contributed by atoms with van der Waals surface area (Å²) >= 11 is 0. The van der Waals surface area contributed by atoms with Crippen LogP contribution in [-0.2, 0) is 4.74 Å². The molecule has 0 aromatic carbocycles. The van der Waals surface area contributed by atoms with Crippen molar-refractivity contribution in [3.05, 3.63) is 23.5 Å². The van der Waals surface area contributed by atoms with Crippen LogP contribution in [0, 0.1) is 5.92 Å². The van der Waals surface area contributed by atoms with Crippen molar-refractivity contribution in [3.8, 4) is 0 Å². The number of amidine groups is 1. The third-order valence-corrected chi connectivity index (χ3v) is 4.78. The van der Waals surface area contributed by atoms with Crippen LogP contribution in [0.5, 0.6) is 0 Å². The Morgan fingerprint density at radius 3 is 2.83 bits per heavy atom. The number of likely N-dealkylation sites (N-methyl/N-ethyl adjacent to an activating group) is 1. The van der Waals surface area contributed by atoms with E-state index in [1.807, 2.05) is 25.7 Å². The molecule has 3 aliphatic rings. The van der Waals surface area contributed by atoms with Crippen molar-refractivity contribution < 1.29 is 9.53 Å². The lowest BCUT2D eigenvalue weighted by molar-refractivity contribution is 0.0261. The fourth-order valence-electron chi connectivity index (χ4n) is 3.61. The Bertz CT molecular complexity index is 613. The van der Waals surface area contributed by atoms with Crippen LogP contribution in [0.1, 0.15) is 53.4 Å². The smallest absolute Gasteiger partial charge is 0.410 e. The molecule has 5 heteroatoms. The van der Waals surface area contributed by atoms with Crippen molar-refractivity contribution in [2.45, 2.75) is 65.0 Å². The first kappa shape index (κ1) is 17.1. The molecule has 24 heavy (non-hydrogen) atoms. The van der Waals surface area contributed by atoms with Gasteiger partial charge in [-0.25, -0.2) is 9.79 Å². The Balaban J connectivity index is 1.87. The first-order chi connectivity index (χ1) is 11.2. The minimum atomic E-state index is -0.473. The molecule has 0 spiro atoms. The Labute approximate surface area is 145 Å². The number of hydrogen-bond donors (Lipinski definition) is 0. The summed E-state index contributed by atoms with van der Waals surface area (Å²) in [6, 6.07) is 0.00496. The van der Waals surface area contributed by atoms with Gasteiger partial charge in [-0.15, -0.1) is 0 Å². The summed E-state index contributed by atoms with van der Waals surface area (Å²) in [5.74, 6) is 1.50. The lowest BCUT2D eigenvalue weighted by Crippen LogP contribution is -2.48. The van der Waals surface area contributed by atoms with Gasteiger partial charge in [-0.3, -0.25) is 4.90 Å². The molecule has 1 saturated heterocycles. The molecule has 0 aromatic heterocycles. The van der Waals surface area contributed by atoms with E-state index in [4.69, 9.17) is 9.73 Å². The second-order valence-electron chi connectivity index (χ2n) is 8.10. The molecule has 1 amide bonds. The second kappa shape index (κ2) is 6.26. The zero-order valence-electron chi connectivity index (χ0n) is 15.5. The van der Waals surface area contributed by atoms with Crippen LogP contribution >= 0.6 is 0 Å². The van der Waals surface area contributed by atoms with E-state index >= 15 is 0 Å². The van der Waals surface area contributed by atoms with Gasteiger partial charge >= 0.3 is 6.09 Å². The molecule has 0 N–H and O–H groups in total. The molecular formula is C19H29N3O2. The van der Waals surface area contributed by atoms with E-state index in [1.165, 1.54) is 5.70 Å². The Kier molecular flexibility index (Phi) is 4.45. The van der Waals surface area contributed by atoms with Crippen LogP contribution in [0.15, 0.2) is 28.5 Å². The van der Waals surface area contributed by atoms with Crippen molar-refractivity contribution in [1.29, 1.82) is 0 Å². The molecule has 0 aromatic rings. The van der Waals surface area contributed by atoms with E-state index in [9.17, 15) is 4.79 Å². The summed E-state index contributed by atoms with van der Waals surface area (Å²) in [5.41, 5.74) is 1.96. The number of carbonyl (C=O) groups excluding carboxylic acids is 1. The van der Waals surface area contributed by atoms with Gasteiger partial charge in [0.2, 0.25) is 0 Å². The van der Waals surface area contributed by atoms with Gasteiger partial charge in [-0.2, -0.15) is 0 Å². The topological polar surface area (TPSA) is 45.1 Å². The number of rotatable bonds is 1. The number of fused-ring (bicyclic) bond motifs is 2. The Morgan fingerprint density at radius 2 is 2.12 bits per heavy atom. The van der Waals surface area contributed by atoms with Crippen molar-refractivity contribution in [3.63, 3.8) is 0 Å². The van der Waals surface area contributed by atoms with Crippen molar-refractivity contribution in [2.75, 3.05) is 13.6 Å². The molecule has 2 heterocycles. The monoisotopic (exact) mass is 331 g/mol. The number of ether oxygens (including phenoxy) is 1. The largest absolute Gasteiger partial charge is 0.444 e. The standard InChI is InChI=1S/C19H29N3O2/c1-13-8-9-15-12-14(11-13)20-17(21(15)5)16-7-6-10-22(16)18(23)24-19(2,3)4/h9,11,13,16H,6-8,10,12H2,1-5H3. The highest BCUT2D eigenvalue weighted by Gasteiger charge is 2.38. The van der Waals surface area contributed by atoms with Crippen LogP contribution in [-0.4, -0.2) is 47.0 Å². The predicted molar refractivity (Wildman–Crippen MR) is 95.7 cm³/mol. The molecule has 3 rings (SSSR count). The van der Waals surface area contributed by atoms with Gasteiger partial charge in [0.1, 0.15) is 11.4 Å². The summed E-state index contributed by atoms with van der Waals surface area (Å²) in [6.07, 6.45) is 8.23. The summed E-state index contributed by atoms with van der Waals surface area (Å²) < 4.78 is 5.60. The maximum atomic E-state index is 12.6. The fourth-order valence-corrected chi connectivity index (χ4v) is 3.61. The van der Waals surface area contributed by atoms with Crippen LogP contribution < -0.4 is 0 Å². The molecule has 2 unspecified atom stereocenters. The number of nitrogens with zero attached hydrogens (tertiary/aromatic N) is 3. The summed E-state index contributed by atoms with van der Waals surface area (Å²) in [5, 5.41) is 0. The van der Waals surface area contributed by atoms with Crippen LogP contribution in [0.25, 0.3) is 0 Å². The molecule has 1 aliphatic carbocycles. The molecule has 2 bridgehead atoms. The Morgan fingerprint density at radius 1 is 1.38 bits per heavy atom. The highest BCUT2D eigenvalue weighted by Crippen LogP contribution is 2.32. The SMILES string of the molecule is CC1C=C2CC(=CC1)N(C)C(C1CCCN1C(=O)OC(C)(C)C)=N2. The summed E-state index contributed by atoms with van der Waals surface area (Å²) in [6.45, 7) is 8.69. The molecule has 0 saturated carbocycles. The number of hydrogen-bond acceptors (Lipinski definition) is 4. The van der Waals surface area contributed by atoms with Gasteiger partial charge in [0, 0.05) is 31.4 Å². The van der Waals surface area contributed by atoms with Gasteiger partial charge < -0.3 is 9.64 Å². The van der Waals surface area contributed by atoms with Crippen molar-refractivity contribution in [2.24, 2.45) is 10.9 Å². The average Bonchev–Trinajstić information content (AvgIpc) is 2.89. The predicted octanol–water partition coefficient (Wildman–Crippen LogP) is 3.93. The number of carbonyl (C=O) groups is 1. The van der Waals surface area contributed by atoms with Crippen LogP contribution in [0.2, 0.25) is 0 Å². The minimum Gasteiger partial charge on any atom is -0.444 e. The van der Waals surface area contributed by atoms with E-state index in [0.29, 0.717) is 5.92 Å². The maximum absolute atomic E-state index is 12.6. The second-order valence-corrected chi connectivity index (χ2v) is 8.10. The number of allylic oxidation sites excluding steroid dienone is 2. The first-order valence-corrected chi connectivity index (χ1v) is 8.96. The maximum Gasteiger partial charge on any atom is 0.410 e. The normalized spacial score (nSPS) is 27.3. The van der Waals surface area contributed by atoms with Crippen LogP contribution in [0.3, 0.4) is 0 Å². The highest BCUT2D eigenvalue weighted by molar-refractivity contribution is 5.93. The van der Waals surface area contributed by atoms with E-state index in [-0.39, 0.29) is 12.1 Å². The van der Waals surface area contributed by atoms with E-state index in [0.717, 1.165) is 43.8 Å². The molecule has 2 aliphatic heterocycles. The lowest BCUT2D eigenvalue weighted by atomic mass is 10.1. The quantitative estimate of drug-likeness (QED) is 0.731. The van der Waals surface area contributed by atoms with E-state index < -0.39 is 5.60 Å². The van der Waals surface area contributed by atoms with Gasteiger partial charge in [0.15, 0.2) is 0 Å². The van der Waals surface area contributed by atoms with Gasteiger partial charge in [-0.1, -0.05) is 19.1 Å². The summed E-state index contributed by atoms with van der Waals surface area (Å²) in [7, 11) is 2.07. The van der Waals surface area contributed by atoms with E-state index in [1.54, 1.807) is 0 Å². The molecule has 0 radical (unpaired) electrons. The minimum absolute atomic E-state index is 0.00496. The zero-order chi connectivity index (χ0) is 17.5. The van der Waals surface area contributed by atoms with Crippen molar-refractivity contribution in [1.82, 2.24) is 9.80 Å². The first-order valence-electron chi connectivity index (χ1n) is 8.96. The van der Waals surface area contributed by atoms with Gasteiger partial charge in [0.05, 0.1) is 6.04 Å². The fraction of sp³-hybridized carbons (Fsp3) is 0.684. The van der Waals surface area contributed by atoms with Crippen molar-refractivity contribution >= 4 is 11.9 Å². The molecule has 2 atom stereocenters. The third-order valence-electron chi connectivity index (χ3n) is 4.78. The number of aliphatic imine (C=N–C) groups is 1. The number of amides is 1. The van der Waals surface area contributed by atoms with Gasteiger partial charge in [0.25, 0.3) is 0 Å². The molecular weight excluding hydrogens is 302 g/mol. The highest BCUT2D eigenvalue weighted by atomic mass is 16.6. The summed E-state index contributed by atoms with van der Waals surface area (Å²) in [4.78, 5) is 21.5. The molecule has 1 fully saturated rings. The molecule has 132 valence electrons. The third kappa shape index (κ3) is 3.50. The Hall–Kier alpha value is -1.78. The van der Waals surface area contributed by atoms with Crippen LogP contribution in [0.4, 0.5) is 4.79 Å².